The van der Waals surface area contributed by atoms with E-state index < -0.39 is 0 Å². The molecule has 1 aliphatic rings. The minimum absolute atomic E-state index is 0.0507. The molecule has 1 atom stereocenters. The second-order valence-corrected chi connectivity index (χ2v) is 5.06. The minimum atomic E-state index is -0.0507. The van der Waals surface area contributed by atoms with Gasteiger partial charge < -0.3 is 15.4 Å². The van der Waals surface area contributed by atoms with Crippen LogP contribution in [0.1, 0.15) is 6.92 Å². The Kier molecular flexibility index (Phi) is 4.42. The molecule has 0 aromatic heterocycles. The van der Waals surface area contributed by atoms with Gasteiger partial charge >= 0.3 is 0 Å². The summed E-state index contributed by atoms with van der Waals surface area (Å²) in [4.78, 5) is 12.0. The van der Waals surface area contributed by atoms with Crippen molar-refractivity contribution in [1.82, 2.24) is 5.32 Å². The van der Waals surface area contributed by atoms with E-state index in [1.165, 1.54) is 6.92 Å². The number of carbonyl (C=O) groups excluding carboxylic acids is 1. The van der Waals surface area contributed by atoms with Crippen molar-refractivity contribution in [2.24, 2.45) is 0 Å². The molecular formula is C12H16N2O2S. The summed E-state index contributed by atoms with van der Waals surface area (Å²) < 4.78 is 5.61. The van der Waals surface area contributed by atoms with Crippen molar-refractivity contribution >= 4 is 23.4 Å². The summed E-state index contributed by atoms with van der Waals surface area (Å²) in [5, 5.41) is 6.03. The lowest BCUT2D eigenvalue weighted by atomic mass is 10.3. The summed E-state index contributed by atoms with van der Waals surface area (Å²) in [5.74, 6) is -0.0507. The lowest BCUT2D eigenvalue weighted by Gasteiger charge is -2.22. The first-order chi connectivity index (χ1) is 8.24. The van der Waals surface area contributed by atoms with Crippen LogP contribution in [-0.4, -0.2) is 31.0 Å². The third kappa shape index (κ3) is 4.03. The van der Waals surface area contributed by atoms with Gasteiger partial charge in [0, 0.05) is 30.6 Å². The van der Waals surface area contributed by atoms with E-state index in [1.54, 1.807) is 11.8 Å². The van der Waals surface area contributed by atoms with Gasteiger partial charge in [0.05, 0.1) is 6.61 Å². The molecule has 1 aliphatic heterocycles. The highest BCUT2D eigenvalue weighted by Crippen LogP contribution is 2.26. The number of benzene rings is 1. The van der Waals surface area contributed by atoms with Crippen LogP contribution in [0, 0.1) is 0 Å². The molecule has 0 radical (unpaired) electrons. The molecule has 2 N–H and O–H groups in total. The predicted octanol–water partition coefficient (Wildman–Crippen LogP) is 1.68. The monoisotopic (exact) mass is 252 g/mol. The zero-order valence-electron chi connectivity index (χ0n) is 9.73. The Morgan fingerprint density at radius 1 is 1.47 bits per heavy atom. The molecule has 17 heavy (non-hydrogen) atoms. The highest BCUT2D eigenvalue weighted by atomic mass is 32.2. The van der Waals surface area contributed by atoms with Crippen LogP contribution < -0.4 is 10.6 Å². The average Bonchev–Trinajstić information content (AvgIpc) is 2.32. The Morgan fingerprint density at radius 3 is 2.82 bits per heavy atom. The average molecular weight is 252 g/mol. The first kappa shape index (κ1) is 12.4. The van der Waals surface area contributed by atoms with Gasteiger partial charge in [-0.2, -0.15) is 0 Å². The topological polar surface area (TPSA) is 50.4 Å². The lowest BCUT2D eigenvalue weighted by Crippen LogP contribution is -2.36. The van der Waals surface area contributed by atoms with Crippen molar-refractivity contribution in [2.75, 3.05) is 25.0 Å². The maximum Gasteiger partial charge on any atom is 0.221 e. The third-order valence-corrected chi connectivity index (χ3v) is 3.45. The van der Waals surface area contributed by atoms with Crippen LogP contribution in [0.15, 0.2) is 29.2 Å². The molecule has 0 spiro atoms. The van der Waals surface area contributed by atoms with Gasteiger partial charge in [0.15, 0.2) is 0 Å². The van der Waals surface area contributed by atoms with Crippen molar-refractivity contribution < 1.29 is 9.53 Å². The Balaban J connectivity index is 1.90. The second-order valence-electron chi connectivity index (χ2n) is 3.83. The fourth-order valence-electron chi connectivity index (χ4n) is 1.59. The molecule has 2 rings (SSSR count). The molecule has 1 heterocycles. The smallest absolute Gasteiger partial charge is 0.221 e. The van der Waals surface area contributed by atoms with Gasteiger partial charge in [-0.3, -0.25) is 4.79 Å². The highest BCUT2D eigenvalue weighted by molar-refractivity contribution is 7.99. The lowest BCUT2D eigenvalue weighted by molar-refractivity contribution is -0.114. The summed E-state index contributed by atoms with van der Waals surface area (Å²) in [6.07, 6.45) is 0. The molecule has 92 valence electrons. The number of ether oxygens (including phenoxy) is 1. The standard InChI is InChI=1S/C12H16N2O2S/c1-9(15)14-10-2-4-11(5-3-10)17-12-8-13-6-7-16-12/h2-5,12-13H,6-8H2,1H3,(H,14,15). The van der Waals surface area contributed by atoms with Gasteiger partial charge in [0.25, 0.3) is 0 Å². The van der Waals surface area contributed by atoms with Crippen molar-refractivity contribution in [1.29, 1.82) is 0 Å². The number of hydrogen-bond acceptors (Lipinski definition) is 4. The zero-order chi connectivity index (χ0) is 12.1. The number of nitrogens with one attached hydrogen (secondary N) is 2. The molecule has 4 nitrogen and oxygen atoms in total. The number of hydrogen-bond donors (Lipinski definition) is 2. The fraction of sp³-hybridized carbons (Fsp3) is 0.417. The van der Waals surface area contributed by atoms with Gasteiger partial charge in [-0.1, -0.05) is 11.8 Å². The SMILES string of the molecule is CC(=O)Nc1ccc(SC2CNCCO2)cc1. The Labute approximate surface area is 105 Å². The maximum absolute atomic E-state index is 10.9. The quantitative estimate of drug-likeness (QED) is 0.859. The third-order valence-electron chi connectivity index (χ3n) is 2.34. The second kappa shape index (κ2) is 6.05. The molecule has 1 fully saturated rings. The molecule has 1 unspecified atom stereocenters. The number of amides is 1. The first-order valence-corrected chi connectivity index (χ1v) is 6.48. The highest BCUT2D eigenvalue weighted by Gasteiger charge is 2.14. The molecule has 1 saturated heterocycles. The number of anilines is 1. The van der Waals surface area contributed by atoms with Crippen LogP contribution in [0.3, 0.4) is 0 Å². The molecule has 1 aromatic rings. The number of morpholine rings is 1. The molecule has 0 saturated carbocycles. The van der Waals surface area contributed by atoms with Crippen molar-refractivity contribution in [2.45, 2.75) is 17.3 Å². The van der Waals surface area contributed by atoms with Crippen LogP contribution in [0.2, 0.25) is 0 Å². The van der Waals surface area contributed by atoms with E-state index >= 15 is 0 Å². The van der Waals surface area contributed by atoms with Gasteiger partial charge in [0.2, 0.25) is 5.91 Å². The summed E-state index contributed by atoms with van der Waals surface area (Å²) in [6.45, 7) is 4.07. The Hall–Kier alpha value is -1.04. The molecule has 0 bridgehead atoms. The van der Waals surface area contributed by atoms with Crippen LogP contribution in [0.4, 0.5) is 5.69 Å². The van der Waals surface area contributed by atoms with Gasteiger partial charge in [-0.25, -0.2) is 0 Å². The Morgan fingerprint density at radius 2 is 2.24 bits per heavy atom. The number of rotatable bonds is 3. The normalized spacial score (nSPS) is 19.9. The van der Waals surface area contributed by atoms with E-state index in [2.05, 4.69) is 10.6 Å². The van der Waals surface area contributed by atoms with Crippen molar-refractivity contribution in [3.63, 3.8) is 0 Å². The van der Waals surface area contributed by atoms with Gasteiger partial charge in [-0.05, 0) is 24.3 Å². The summed E-state index contributed by atoms with van der Waals surface area (Å²) in [6, 6.07) is 7.79. The molecule has 5 heteroatoms. The largest absolute Gasteiger partial charge is 0.365 e. The Bertz CT molecular complexity index is 375. The van der Waals surface area contributed by atoms with E-state index in [1.807, 2.05) is 24.3 Å². The minimum Gasteiger partial charge on any atom is -0.365 e. The summed E-state index contributed by atoms with van der Waals surface area (Å²) in [7, 11) is 0. The van der Waals surface area contributed by atoms with E-state index in [4.69, 9.17) is 4.74 Å². The first-order valence-electron chi connectivity index (χ1n) is 5.61. The molecule has 1 amide bonds. The fourth-order valence-corrected chi connectivity index (χ4v) is 2.55. The molecule has 1 aromatic carbocycles. The van der Waals surface area contributed by atoms with E-state index in [-0.39, 0.29) is 11.3 Å². The van der Waals surface area contributed by atoms with Gasteiger partial charge in [-0.15, -0.1) is 0 Å². The van der Waals surface area contributed by atoms with Crippen LogP contribution in [0.5, 0.6) is 0 Å². The number of thioether (sulfide) groups is 1. The van der Waals surface area contributed by atoms with E-state index in [0.29, 0.717) is 0 Å². The van der Waals surface area contributed by atoms with Crippen molar-refractivity contribution in [3.8, 4) is 0 Å². The molecule has 0 aliphatic carbocycles. The van der Waals surface area contributed by atoms with Crippen LogP contribution in [-0.2, 0) is 9.53 Å². The van der Waals surface area contributed by atoms with E-state index in [0.717, 1.165) is 30.3 Å². The van der Waals surface area contributed by atoms with E-state index in [9.17, 15) is 4.79 Å². The predicted molar refractivity (Wildman–Crippen MR) is 69.2 cm³/mol. The number of carbonyl (C=O) groups is 1. The van der Waals surface area contributed by atoms with Gasteiger partial charge in [0.1, 0.15) is 5.44 Å². The maximum atomic E-state index is 10.9. The summed E-state index contributed by atoms with van der Waals surface area (Å²) in [5.41, 5.74) is 1.000. The van der Waals surface area contributed by atoms with Crippen LogP contribution >= 0.6 is 11.8 Å². The van der Waals surface area contributed by atoms with Crippen LogP contribution in [0.25, 0.3) is 0 Å². The summed E-state index contributed by atoms with van der Waals surface area (Å²) >= 11 is 1.69. The van der Waals surface area contributed by atoms with Crippen molar-refractivity contribution in [3.05, 3.63) is 24.3 Å². The molecular weight excluding hydrogens is 236 g/mol. The zero-order valence-corrected chi connectivity index (χ0v) is 10.5.